The summed E-state index contributed by atoms with van der Waals surface area (Å²) in [6.45, 7) is 3.90. The third kappa shape index (κ3) is 3.37. The van der Waals surface area contributed by atoms with E-state index in [-0.39, 0.29) is 16.4 Å². The first kappa shape index (κ1) is 17.5. The highest BCUT2D eigenvalue weighted by atomic mass is 32.2. The van der Waals surface area contributed by atoms with Crippen LogP contribution in [0.1, 0.15) is 56.3 Å². The standard InChI is InChI=1S/C19H27NO3S/c1-13(2)24(22,23)18-6-4-3-5-17(18)19(21)20-10-9-16-12-14-7-8-15(16)11-14/h3-6,13-16H,7-12H2,1-2H3,(H,20,21)/t14-,15-,16-/m0/s1. The first-order valence-corrected chi connectivity index (χ1v) is 10.6. The van der Waals surface area contributed by atoms with Crippen LogP contribution in [0.2, 0.25) is 0 Å². The van der Waals surface area contributed by atoms with Crippen molar-refractivity contribution in [3.63, 3.8) is 0 Å². The molecule has 0 saturated heterocycles. The lowest BCUT2D eigenvalue weighted by molar-refractivity contribution is 0.0946. The number of carbonyl (C=O) groups excluding carboxylic acids is 1. The average Bonchev–Trinajstić information content (AvgIpc) is 3.17. The molecule has 0 spiro atoms. The summed E-state index contributed by atoms with van der Waals surface area (Å²) in [6.07, 6.45) is 6.41. The van der Waals surface area contributed by atoms with Gasteiger partial charge in [0.15, 0.2) is 9.84 Å². The van der Waals surface area contributed by atoms with E-state index in [1.165, 1.54) is 31.7 Å². The van der Waals surface area contributed by atoms with Gasteiger partial charge in [-0.1, -0.05) is 18.6 Å². The molecule has 2 fully saturated rings. The molecule has 0 heterocycles. The molecule has 5 heteroatoms. The number of sulfone groups is 1. The van der Waals surface area contributed by atoms with E-state index in [1.54, 1.807) is 32.0 Å². The van der Waals surface area contributed by atoms with Crippen molar-refractivity contribution in [2.24, 2.45) is 17.8 Å². The minimum absolute atomic E-state index is 0.137. The average molecular weight is 349 g/mol. The summed E-state index contributed by atoms with van der Waals surface area (Å²) in [5.41, 5.74) is 0.263. The molecule has 0 radical (unpaired) electrons. The van der Waals surface area contributed by atoms with E-state index >= 15 is 0 Å². The van der Waals surface area contributed by atoms with Crippen LogP contribution in [0.4, 0.5) is 0 Å². The first-order valence-electron chi connectivity index (χ1n) is 9.00. The van der Waals surface area contributed by atoms with Crippen LogP contribution in [0.5, 0.6) is 0 Å². The van der Waals surface area contributed by atoms with Crippen LogP contribution in [0, 0.1) is 17.8 Å². The predicted octanol–water partition coefficient (Wildman–Crippen LogP) is 3.42. The Morgan fingerprint density at radius 1 is 1.21 bits per heavy atom. The fraction of sp³-hybridized carbons (Fsp3) is 0.632. The van der Waals surface area contributed by atoms with Gasteiger partial charge in [-0.25, -0.2) is 8.42 Å². The second kappa shape index (κ2) is 6.87. The molecule has 24 heavy (non-hydrogen) atoms. The number of rotatable bonds is 6. The van der Waals surface area contributed by atoms with Crippen molar-refractivity contribution in [3.8, 4) is 0 Å². The van der Waals surface area contributed by atoms with E-state index in [9.17, 15) is 13.2 Å². The van der Waals surface area contributed by atoms with Gasteiger partial charge in [0.2, 0.25) is 0 Å². The maximum Gasteiger partial charge on any atom is 0.252 e. The highest BCUT2D eigenvalue weighted by Gasteiger charge is 2.38. The molecule has 4 nitrogen and oxygen atoms in total. The summed E-state index contributed by atoms with van der Waals surface area (Å²) in [6, 6.07) is 6.51. The Labute approximate surface area is 145 Å². The normalized spacial score (nSPS) is 26.0. The molecule has 0 unspecified atom stereocenters. The van der Waals surface area contributed by atoms with Crippen molar-refractivity contribution in [3.05, 3.63) is 29.8 Å². The van der Waals surface area contributed by atoms with E-state index in [0.29, 0.717) is 6.54 Å². The molecule has 1 amide bonds. The molecule has 3 atom stereocenters. The number of carbonyl (C=O) groups is 1. The number of hydrogen-bond acceptors (Lipinski definition) is 3. The maximum absolute atomic E-state index is 12.5. The molecular formula is C19H27NO3S. The highest BCUT2D eigenvalue weighted by Crippen LogP contribution is 2.49. The lowest BCUT2D eigenvalue weighted by Gasteiger charge is -2.21. The number of fused-ring (bicyclic) bond motifs is 2. The molecule has 2 bridgehead atoms. The van der Waals surface area contributed by atoms with E-state index in [1.807, 2.05) is 0 Å². The summed E-state index contributed by atoms with van der Waals surface area (Å²) in [7, 11) is -3.46. The van der Waals surface area contributed by atoms with Gasteiger partial charge in [0.1, 0.15) is 0 Å². The Bertz CT molecular complexity index is 711. The van der Waals surface area contributed by atoms with Gasteiger partial charge in [-0.05, 0) is 69.4 Å². The topological polar surface area (TPSA) is 63.2 Å². The fourth-order valence-corrected chi connectivity index (χ4v) is 5.60. The quantitative estimate of drug-likeness (QED) is 0.856. The van der Waals surface area contributed by atoms with Crippen molar-refractivity contribution in [2.75, 3.05) is 6.54 Å². The van der Waals surface area contributed by atoms with Crippen LogP contribution in [0.25, 0.3) is 0 Å². The summed E-state index contributed by atoms with van der Waals surface area (Å²) in [5.74, 6) is 2.21. The Morgan fingerprint density at radius 3 is 2.58 bits per heavy atom. The van der Waals surface area contributed by atoms with Crippen molar-refractivity contribution >= 4 is 15.7 Å². The maximum atomic E-state index is 12.5. The van der Waals surface area contributed by atoms with Crippen LogP contribution in [0.15, 0.2) is 29.2 Å². The van der Waals surface area contributed by atoms with Gasteiger partial charge >= 0.3 is 0 Å². The molecule has 1 aromatic carbocycles. The molecule has 3 rings (SSSR count). The van der Waals surface area contributed by atoms with Gasteiger partial charge in [0.05, 0.1) is 15.7 Å². The summed E-state index contributed by atoms with van der Waals surface area (Å²) in [4.78, 5) is 12.6. The van der Waals surface area contributed by atoms with Crippen LogP contribution < -0.4 is 5.32 Å². The number of hydrogen-bond donors (Lipinski definition) is 1. The Hall–Kier alpha value is -1.36. The van der Waals surface area contributed by atoms with Crippen LogP contribution >= 0.6 is 0 Å². The smallest absolute Gasteiger partial charge is 0.252 e. The van der Waals surface area contributed by atoms with Crippen LogP contribution in [-0.4, -0.2) is 26.1 Å². The van der Waals surface area contributed by atoms with E-state index in [2.05, 4.69) is 5.32 Å². The van der Waals surface area contributed by atoms with Crippen LogP contribution in [-0.2, 0) is 9.84 Å². The Morgan fingerprint density at radius 2 is 1.96 bits per heavy atom. The fourth-order valence-electron chi connectivity index (χ4n) is 4.35. The molecule has 132 valence electrons. The number of nitrogens with one attached hydrogen (secondary N) is 1. The lowest BCUT2D eigenvalue weighted by atomic mass is 9.86. The molecule has 2 saturated carbocycles. The third-order valence-electron chi connectivity index (χ3n) is 5.74. The summed E-state index contributed by atoms with van der Waals surface area (Å²) in [5, 5.41) is 2.39. The minimum atomic E-state index is -3.46. The zero-order chi connectivity index (χ0) is 17.3. The second-order valence-corrected chi connectivity index (χ2v) is 10.0. The zero-order valence-electron chi connectivity index (χ0n) is 14.5. The SMILES string of the molecule is CC(C)S(=O)(=O)c1ccccc1C(=O)NCC[C@H]1C[C@H]2CC[C@H]1C2. The highest BCUT2D eigenvalue weighted by molar-refractivity contribution is 7.92. The molecule has 0 aliphatic heterocycles. The van der Waals surface area contributed by atoms with Crippen molar-refractivity contribution in [1.29, 1.82) is 0 Å². The largest absolute Gasteiger partial charge is 0.352 e. The Balaban J connectivity index is 1.63. The second-order valence-electron chi connectivity index (χ2n) is 7.57. The van der Waals surface area contributed by atoms with Crippen molar-refractivity contribution in [1.82, 2.24) is 5.32 Å². The number of amides is 1. The Kier molecular flexibility index (Phi) is 5.00. The predicted molar refractivity (Wildman–Crippen MR) is 94.7 cm³/mol. The summed E-state index contributed by atoms with van der Waals surface area (Å²) >= 11 is 0. The van der Waals surface area contributed by atoms with Gasteiger partial charge in [-0.15, -0.1) is 0 Å². The van der Waals surface area contributed by atoms with Gasteiger partial charge in [-0.2, -0.15) is 0 Å². The van der Waals surface area contributed by atoms with Gasteiger partial charge in [0.25, 0.3) is 5.91 Å². The molecule has 0 aromatic heterocycles. The molecule has 2 aliphatic carbocycles. The minimum Gasteiger partial charge on any atom is -0.352 e. The van der Waals surface area contributed by atoms with E-state index in [0.717, 1.165) is 24.2 Å². The van der Waals surface area contributed by atoms with Crippen LogP contribution in [0.3, 0.4) is 0 Å². The zero-order valence-corrected chi connectivity index (χ0v) is 15.3. The molecule has 1 N–H and O–H groups in total. The first-order chi connectivity index (χ1) is 11.4. The molecular weight excluding hydrogens is 322 g/mol. The van der Waals surface area contributed by atoms with Crippen molar-refractivity contribution in [2.45, 2.75) is 56.1 Å². The third-order valence-corrected chi connectivity index (χ3v) is 7.95. The van der Waals surface area contributed by atoms with Gasteiger partial charge in [0, 0.05) is 6.54 Å². The van der Waals surface area contributed by atoms with Gasteiger partial charge < -0.3 is 5.32 Å². The molecule has 1 aromatic rings. The van der Waals surface area contributed by atoms with E-state index < -0.39 is 15.1 Å². The van der Waals surface area contributed by atoms with Gasteiger partial charge in [-0.3, -0.25) is 4.79 Å². The summed E-state index contributed by atoms with van der Waals surface area (Å²) < 4.78 is 24.9. The number of benzene rings is 1. The van der Waals surface area contributed by atoms with Crippen molar-refractivity contribution < 1.29 is 13.2 Å². The molecule has 2 aliphatic rings. The lowest BCUT2D eigenvalue weighted by Crippen LogP contribution is -2.29. The monoisotopic (exact) mass is 349 g/mol. The van der Waals surface area contributed by atoms with E-state index in [4.69, 9.17) is 0 Å².